The van der Waals surface area contributed by atoms with Crippen molar-refractivity contribution in [3.63, 3.8) is 0 Å². The number of aliphatic hydroxyl groups is 2. The number of hydrogen-bond donors (Lipinski definition) is 3. The van der Waals surface area contributed by atoms with Crippen LogP contribution in [-0.4, -0.2) is 35.1 Å². The van der Waals surface area contributed by atoms with Crippen LogP contribution in [0, 0.1) is 0 Å². The zero-order chi connectivity index (χ0) is 13.7. The Hall–Kier alpha value is -0.750. The van der Waals surface area contributed by atoms with E-state index in [-0.39, 0.29) is 10.6 Å². The topological polar surface area (TPSA) is 66.8 Å². The summed E-state index contributed by atoms with van der Waals surface area (Å²) in [4.78, 5) is 11.4. The highest BCUT2D eigenvalue weighted by molar-refractivity contribution is 7.80. The first-order valence-electron chi connectivity index (χ1n) is 5.36. The number of esters is 1. The zero-order valence-corrected chi connectivity index (χ0v) is 11.5. The second kappa shape index (κ2) is 6.99. The van der Waals surface area contributed by atoms with Gasteiger partial charge in [0, 0.05) is 0 Å². The van der Waals surface area contributed by atoms with Gasteiger partial charge in [0.2, 0.25) is 0 Å². The van der Waals surface area contributed by atoms with Gasteiger partial charge in [0.25, 0.3) is 0 Å². The van der Waals surface area contributed by atoms with E-state index in [4.69, 9.17) is 11.6 Å². The lowest BCUT2D eigenvalue weighted by Crippen LogP contribution is -2.19. The summed E-state index contributed by atoms with van der Waals surface area (Å²) in [6.45, 7) is 0. The Kier molecular flexibility index (Phi) is 5.95. The van der Waals surface area contributed by atoms with Gasteiger partial charge in [-0.1, -0.05) is 17.7 Å². The summed E-state index contributed by atoms with van der Waals surface area (Å²) in [6, 6.07) is 4.46. The maximum absolute atomic E-state index is 11.4. The van der Waals surface area contributed by atoms with E-state index >= 15 is 0 Å². The molecule has 0 amide bonds. The quantitative estimate of drug-likeness (QED) is 0.572. The van der Waals surface area contributed by atoms with Crippen LogP contribution in [0.3, 0.4) is 0 Å². The lowest BCUT2D eigenvalue weighted by atomic mass is 10.0. The standard InChI is InChI=1S/C12H15ClO4S/c1-17-12(16)8-6-7(2-3-9(8)13)11(15)10(14)4-5-18/h2-3,6,10-11,14-15,18H,4-5H2,1H3. The predicted molar refractivity (Wildman–Crippen MR) is 72.2 cm³/mol. The highest BCUT2D eigenvalue weighted by Gasteiger charge is 2.20. The largest absolute Gasteiger partial charge is 0.465 e. The van der Waals surface area contributed by atoms with Crippen LogP contribution in [-0.2, 0) is 4.74 Å². The van der Waals surface area contributed by atoms with Gasteiger partial charge < -0.3 is 14.9 Å². The first kappa shape index (κ1) is 15.3. The minimum absolute atomic E-state index is 0.161. The molecule has 0 aliphatic rings. The van der Waals surface area contributed by atoms with Crippen LogP contribution in [0.1, 0.15) is 28.4 Å². The lowest BCUT2D eigenvalue weighted by molar-refractivity contribution is 0.0171. The van der Waals surface area contributed by atoms with Crippen molar-refractivity contribution in [2.75, 3.05) is 12.9 Å². The molecular formula is C12H15ClO4S. The van der Waals surface area contributed by atoms with Crippen LogP contribution < -0.4 is 0 Å². The molecule has 2 atom stereocenters. The van der Waals surface area contributed by atoms with Crippen molar-refractivity contribution >= 4 is 30.2 Å². The Balaban J connectivity index is 3.00. The van der Waals surface area contributed by atoms with E-state index in [1.54, 1.807) is 6.07 Å². The number of benzene rings is 1. The van der Waals surface area contributed by atoms with Gasteiger partial charge in [0.15, 0.2) is 0 Å². The van der Waals surface area contributed by atoms with Crippen LogP contribution in [0.25, 0.3) is 0 Å². The van der Waals surface area contributed by atoms with Crippen LogP contribution in [0.2, 0.25) is 5.02 Å². The number of halogens is 1. The lowest BCUT2D eigenvalue weighted by Gasteiger charge is -2.18. The average Bonchev–Trinajstić information content (AvgIpc) is 2.38. The fourth-order valence-electron chi connectivity index (χ4n) is 1.51. The molecular weight excluding hydrogens is 276 g/mol. The second-order valence-corrected chi connectivity index (χ2v) is 4.61. The molecule has 0 radical (unpaired) electrons. The smallest absolute Gasteiger partial charge is 0.339 e. The van der Waals surface area contributed by atoms with Gasteiger partial charge in [-0.05, 0) is 29.9 Å². The summed E-state index contributed by atoms with van der Waals surface area (Å²) in [7, 11) is 1.25. The Labute approximate surface area is 116 Å². The van der Waals surface area contributed by atoms with Crippen LogP contribution >= 0.6 is 24.2 Å². The third-order valence-corrected chi connectivity index (χ3v) is 3.11. The molecule has 2 N–H and O–H groups in total. The highest BCUT2D eigenvalue weighted by atomic mass is 35.5. The van der Waals surface area contributed by atoms with Crippen LogP contribution in [0.5, 0.6) is 0 Å². The van der Waals surface area contributed by atoms with Crippen molar-refractivity contribution < 1.29 is 19.7 Å². The van der Waals surface area contributed by atoms with Gasteiger partial charge in [-0.15, -0.1) is 0 Å². The van der Waals surface area contributed by atoms with Crippen molar-refractivity contribution in [2.45, 2.75) is 18.6 Å². The first-order chi connectivity index (χ1) is 8.51. The third-order valence-electron chi connectivity index (χ3n) is 2.53. The molecule has 0 saturated carbocycles. The minimum atomic E-state index is -1.09. The summed E-state index contributed by atoms with van der Waals surface area (Å²) in [5.41, 5.74) is 0.572. The van der Waals surface area contributed by atoms with E-state index < -0.39 is 18.2 Å². The van der Waals surface area contributed by atoms with E-state index in [0.29, 0.717) is 17.7 Å². The highest BCUT2D eigenvalue weighted by Crippen LogP contribution is 2.25. The summed E-state index contributed by atoms with van der Waals surface area (Å²) in [5.74, 6) is -0.131. The minimum Gasteiger partial charge on any atom is -0.465 e. The Bertz CT molecular complexity index is 425. The maximum Gasteiger partial charge on any atom is 0.339 e. The van der Waals surface area contributed by atoms with Crippen molar-refractivity contribution in [2.24, 2.45) is 0 Å². The average molecular weight is 291 g/mol. The molecule has 4 nitrogen and oxygen atoms in total. The van der Waals surface area contributed by atoms with E-state index in [9.17, 15) is 15.0 Å². The molecule has 0 aliphatic heterocycles. The molecule has 0 aromatic heterocycles. The Morgan fingerprint density at radius 1 is 1.50 bits per heavy atom. The molecule has 0 bridgehead atoms. The number of thiol groups is 1. The number of aliphatic hydroxyl groups excluding tert-OH is 2. The predicted octanol–water partition coefficient (Wildman–Crippen LogP) is 1.84. The molecule has 2 unspecified atom stereocenters. The number of methoxy groups -OCH3 is 1. The third kappa shape index (κ3) is 3.62. The number of hydrogen-bond acceptors (Lipinski definition) is 5. The number of ether oxygens (including phenoxy) is 1. The Morgan fingerprint density at radius 2 is 2.17 bits per heavy atom. The monoisotopic (exact) mass is 290 g/mol. The van der Waals surface area contributed by atoms with Gasteiger partial charge >= 0.3 is 5.97 Å². The molecule has 1 aromatic rings. The fraction of sp³-hybridized carbons (Fsp3) is 0.417. The van der Waals surface area contributed by atoms with Crippen molar-refractivity contribution in [3.05, 3.63) is 34.3 Å². The normalized spacial score (nSPS) is 14.1. The first-order valence-corrected chi connectivity index (χ1v) is 6.37. The summed E-state index contributed by atoms with van der Waals surface area (Å²) in [5, 5.41) is 19.8. The van der Waals surface area contributed by atoms with E-state index in [1.165, 1.54) is 19.2 Å². The molecule has 1 aromatic carbocycles. The van der Waals surface area contributed by atoms with Crippen molar-refractivity contribution in [1.29, 1.82) is 0 Å². The van der Waals surface area contributed by atoms with Gasteiger partial charge in [0.1, 0.15) is 6.10 Å². The van der Waals surface area contributed by atoms with E-state index in [1.807, 2.05) is 0 Å². The Morgan fingerprint density at radius 3 is 2.72 bits per heavy atom. The summed E-state index contributed by atoms with van der Waals surface area (Å²) >= 11 is 9.84. The molecule has 100 valence electrons. The SMILES string of the molecule is COC(=O)c1cc(C(O)C(O)CCS)ccc1Cl. The maximum atomic E-state index is 11.4. The summed E-state index contributed by atoms with van der Waals surface area (Å²) < 4.78 is 4.58. The molecule has 0 saturated heterocycles. The summed E-state index contributed by atoms with van der Waals surface area (Å²) in [6.07, 6.45) is -1.67. The molecule has 0 spiro atoms. The number of carbonyl (C=O) groups is 1. The van der Waals surface area contributed by atoms with Crippen molar-refractivity contribution in [1.82, 2.24) is 0 Å². The van der Waals surface area contributed by atoms with Gasteiger partial charge in [-0.3, -0.25) is 0 Å². The van der Waals surface area contributed by atoms with Gasteiger partial charge in [0.05, 0.1) is 23.8 Å². The molecule has 18 heavy (non-hydrogen) atoms. The zero-order valence-electron chi connectivity index (χ0n) is 9.84. The molecule has 0 aliphatic carbocycles. The van der Waals surface area contributed by atoms with Crippen LogP contribution in [0.4, 0.5) is 0 Å². The van der Waals surface area contributed by atoms with E-state index in [0.717, 1.165) is 0 Å². The molecule has 0 heterocycles. The molecule has 1 rings (SSSR count). The van der Waals surface area contributed by atoms with Gasteiger partial charge in [-0.2, -0.15) is 12.6 Å². The van der Waals surface area contributed by atoms with Crippen molar-refractivity contribution in [3.8, 4) is 0 Å². The van der Waals surface area contributed by atoms with Crippen LogP contribution in [0.15, 0.2) is 18.2 Å². The van der Waals surface area contributed by atoms with Gasteiger partial charge in [-0.25, -0.2) is 4.79 Å². The second-order valence-electron chi connectivity index (χ2n) is 3.76. The molecule has 6 heteroatoms. The number of rotatable bonds is 5. The fourth-order valence-corrected chi connectivity index (χ4v) is 1.96. The van der Waals surface area contributed by atoms with E-state index in [2.05, 4.69) is 17.4 Å². The molecule has 0 fully saturated rings. The number of carbonyl (C=O) groups excluding carboxylic acids is 1.